The fourth-order valence-corrected chi connectivity index (χ4v) is 2.58. The molecule has 1 aromatic carbocycles. The fourth-order valence-electron chi connectivity index (χ4n) is 2.58. The van der Waals surface area contributed by atoms with Gasteiger partial charge >= 0.3 is 0 Å². The summed E-state index contributed by atoms with van der Waals surface area (Å²) in [6, 6.07) is 7.62. The topological polar surface area (TPSA) is 58.7 Å². The molecule has 1 aliphatic rings. The van der Waals surface area contributed by atoms with E-state index in [0.717, 1.165) is 11.4 Å². The van der Waals surface area contributed by atoms with Gasteiger partial charge in [0.25, 0.3) is 0 Å². The number of benzene rings is 1. The second-order valence-corrected chi connectivity index (χ2v) is 5.85. The van der Waals surface area contributed by atoms with Crippen LogP contribution in [0.1, 0.15) is 33.3 Å². The van der Waals surface area contributed by atoms with Crippen molar-refractivity contribution in [2.45, 2.75) is 33.2 Å². The number of carbonyl (C=O) groups excluding carboxylic acids is 1. The van der Waals surface area contributed by atoms with Crippen LogP contribution in [0.25, 0.3) is 0 Å². The van der Waals surface area contributed by atoms with Gasteiger partial charge in [0.2, 0.25) is 5.91 Å². The number of nitrogen functional groups attached to an aromatic ring is 1. The van der Waals surface area contributed by atoms with Crippen molar-refractivity contribution in [2.24, 2.45) is 10.4 Å². The summed E-state index contributed by atoms with van der Waals surface area (Å²) in [7, 11) is 1.77. The van der Waals surface area contributed by atoms with Crippen LogP contribution in [0.15, 0.2) is 29.3 Å². The first kappa shape index (κ1) is 13.6. The lowest BCUT2D eigenvalue weighted by molar-refractivity contribution is -0.140. The first-order valence-electron chi connectivity index (χ1n) is 6.41. The van der Waals surface area contributed by atoms with E-state index in [2.05, 4.69) is 0 Å². The third-order valence-corrected chi connectivity index (χ3v) is 4.38. The maximum absolute atomic E-state index is 12.5. The molecule has 102 valence electrons. The van der Waals surface area contributed by atoms with Gasteiger partial charge in [-0.15, -0.1) is 0 Å². The molecule has 0 radical (unpaired) electrons. The van der Waals surface area contributed by atoms with E-state index in [0.29, 0.717) is 5.69 Å². The van der Waals surface area contributed by atoms with Crippen LogP contribution in [0, 0.1) is 5.41 Å². The zero-order valence-corrected chi connectivity index (χ0v) is 12.2. The van der Waals surface area contributed by atoms with Gasteiger partial charge < -0.3 is 10.6 Å². The predicted molar refractivity (Wildman–Crippen MR) is 77.9 cm³/mol. The average Bonchev–Trinajstić information content (AvgIpc) is 2.35. The first-order valence-corrected chi connectivity index (χ1v) is 6.41. The third kappa shape index (κ3) is 1.82. The number of nitrogens with two attached hydrogens (primary N) is 1. The summed E-state index contributed by atoms with van der Waals surface area (Å²) in [4.78, 5) is 18.9. The van der Waals surface area contributed by atoms with Crippen LogP contribution in [0.4, 0.5) is 5.69 Å². The summed E-state index contributed by atoms with van der Waals surface area (Å²) < 4.78 is 0. The summed E-state index contributed by atoms with van der Waals surface area (Å²) in [6.07, 6.45) is 0. The first-order chi connectivity index (χ1) is 8.70. The molecule has 2 N–H and O–H groups in total. The van der Waals surface area contributed by atoms with E-state index in [9.17, 15) is 4.79 Å². The molecule has 0 aliphatic carbocycles. The van der Waals surface area contributed by atoms with Gasteiger partial charge in [0.1, 0.15) is 5.84 Å². The Bertz CT molecular complexity index is 562. The van der Waals surface area contributed by atoms with Gasteiger partial charge in [-0.3, -0.25) is 9.79 Å². The summed E-state index contributed by atoms with van der Waals surface area (Å²) in [5.74, 6) is 0.805. The number of rotatable bonds is 1. The Hall–Kier alpha value is -1.84. The molecule has 1 aromatic rings. The van der Waals surface area contributed by atoms with Crippen LogP contribution in [0.5, 0.6) is 0 Å². The highest BCUT2D eigenvalue weighted by molar-refractivity contribution is 6.02. The molecule has 0 saturated heterocycles. The average molecular weight is 259 g/mol. The van der Waals surface area contributed by atoms with Crippen molar-refractivity contribution >= 4 is 17.4 Å². The minimum Gasteiger partial charge on any atom is -0.399 e. The SMILES string of the molecule is CC1=N[C@](C)(c2cccc(N)c2)C(C)(C)C(=O)N1C. The molecular weight excluding hydrogens is 238 g/mol. The Morgan fingerprint density at radius 3 is 2.47 bits per heavy atom. The highest BCUT2D eigenvalue weighted by Gasteiger charge is 2.52. The summed E-state index contributed by atoms with van der Waals surface area (Å²) in [5, 5.41) is 0. The van der Waals surface area contributed by atoms with E-state index in [1.807, 2.05) is 52.0 Å². The number of amides is 1. The molecule has 0 saturated carbocycles. The van der Waals surface area contributed by atoms with E-state index in [1.165, 1.54) is 0 Å². The van der Waals surface area contributed by atoms with E-state index >= 15 is 0 Å². The van der Waals surface area contributed by atoms with E-state index in [1.54, 1.807) is 11.9 Å². The second kappa shape index (κ2) is 4.08. The fraction of sp³-hybridized carbons (Fsp3) is 0.467. The van der Waals surface area contributed by atoms with E-state index in [4.69, 9.17) is 10.7 Å². The minimum absolute atomic E-state index is 0.0740. The molecule has 4 heteroatoms. The van der Waals surface area contributed by atoms with Crippen molar-refractivity contribution in [2.75, 3.05) is 12.8 Å². The maximum atomic E-state index is 12.5. The van der Waals surface area contributed by atoms with Crippen molar-refractivity contribution in [3.63, 3.8) is 0 Å². The molecule has 19 heavy (non-hydrogen) atoms. The number of hydrogen-bond donors (Lipinski definition) is 1. The number of aliphatic imine (C=N–C) groups is 1. The highest BCUT2D eigenvalue weighted by Crippen LogP contribution is 2.46. The zero-order chi connectivity index (χ0) is 14.4. The van der Waals surface area contributed by atoms with Crippen LogP contribution in [0.3, 0.4) is 0 Å². The molecule has 1 amide bonds. The lowest BCUT2D eigenvalue weighted by atomic mass is 9.67. The van der Waals surface area contributed by atoms with Gasteiger partial charge in [0.15, 0.2) is 0 Å². The van der Waals surface area contributed by atoms with Crippen molar-refractivity contribution in [3.8, 4) is 0 Å². The molecule has 1 aliphatic heterocycles. The quantitative estimate of drug-likeness (QED) is 0.787. The van der Waals surface area contributed by atoms with Gasteiger partial charge in [-0.2, -0.15) is 0 Å². The molecule has 0 bridgehead atoms. The Morgan fingerprint density at radius 1 is 1.26 bits per heavy atom. The lowest BCUT2D eigenvalue weighted by Crippen LogP contribution is -2.55. The Labute approximate surface area is 114 Å². The van der Waals surface area contributed by atoms with Crippen LogP contribution in [0.2, 0.25) is 0 Å². The molecule has 1 heterocycles. The Kier molecular flexibility index (Phi) is 2.92. The molecule has 2 rings (SSSR count). The smallest absolute Gasteiger partial charge is 0.236 e. The summed E-state index contributed by atoms with van der Waals surface area (Å²) in [6.45, 7) is 7.73. The van der Waals surface area contributed by atoms with Crippen molar-refractivity contribution in [1.82, 2.24) is 4.90 Å². The van der Waals surface area contributed by atoms with Crippen LogP contribution in [-0.4, -0.2) is 23.7 Å². The Balaban J connectivity index is 2.67. The standard InChI is InChI=1S/C15H21N3O/c1-10-17-15(4,11-7-6-8-12(16)9-11)14(2,3)13(19)18(10)5/h6-9H,16H2,1-5H3/t15-/m1/s1. The largest absolute Gasteiger partial charge is 0.399 e. The highest BCUT2D eigenvalue weighted by atomic mass is 16.2. The predicted octanol–water partition coefficient (Wildman–Crippen LogP) is 2.40. The number of amidine groups is 1. The normalized spacial score (nSPS) is 26.3. The van der Waals surface area contributed by atoms with Gasteiger partial charge in [0.05, 0.1) is 11.0 Å². The molecule has 0 aromatic heterocycles. The number of hydrogen-bond acceptors (Lipinski definition) is 3. The number of anilines is 1. The van der Waals surface area contributed by atoms with E-state index in [-0.39, 0.29) is 5.91 Å². The lowest BCUT2D eigenvalue weighted by Gasteiger charge is -2.46. The van der Waals surface area contributed by atoms with Crippen molar-refractivity contribution < 1.29 is 4.79 Å². The number of nitrogens with zero attached hydrogens (tertiary/aromatic N) is 2. The second-order valence-electron chi connectivity index (χ2n) is 5.85. The van der Waals surface area contributed by atoms with Crippen LogP contribution in [-0.2, 0) is 10.3 Å². The van der Waals surface area contributed by atoms with Crippen molar-refractivity contribution in [3.05, 3.63) is 29.8 Å². The molecule has 0 spiro atoms. The maximum Gasteiger partial charge on any atom is 0.236 e. The molecular formula is C15H21N3O. The molecule has 4 nitrogen and oxygen atoms in total. The van der Waals surface area contributed by atoms with Crippen LogP contribution >= 0.6 is 0 Å². The van der Waals surface area contributed by atoms with Gasteiger partial charge in [-0.1, -0.05) is 12.1 Å². The molecule has 1 atom stereocenters. The van der Waals surface area contributed by atoms with Gasteiger partial charge in [-0.25, -0.2) is 0 Å². The zero-order valence-electron chi connectivity index (χ0n) is 12.2. The third-order valence-electron chi connectivity index (χ3n) is 4.38. The Morgan fingerprint density at radius 2 is 1.89 bits per heavy atom. The van der Waals surface area contributed by atoms with Gasteiger partial charge in [0, 0.05) is 12.7 Å². The molecule has 0 unspecified atom stereocenters. The van der Waals surface area contributed by atoms with Gasteiger partial charge in [-0.05, 0) is 45.4 Å². The van der Waals surface area contributed by atoms with Crippen LogP contribution < -0.4 is 5.73 Å². The summed E-state index contributed by atoms with van der Waals surface area (Å²) in [5.41, 5.74) is 6.31. The monoisotopic (exact) mass is 259 g/mol. The molecule has 0 fully saturated rings. The number of carbonyl (C=O) groups is 1. The summed E-state index contributed by atoms with van der Waals surface area (Å²) >= 11 is 0. The van der Waals surface area contributed by atoms with E-state index < -0.39 is 11.0 Å². The van der Waals surface area contributed by atoms with Crippen molar-refractivity contribution in [1.29, 1.82) is 0 Å². The minimum atomic E-state index is -0.616.